The number of aromatic nitrogens is 1. The fourth-order valence-corrected chi connectivity index (χ4v) is 4.14. The van der Waals surface area contributed by atoms with Crippen molar-refractivity contribution in [2.45, 2.75) is 39.4 Å². The van der Waals surface area contributed by atoms with E-state index in [9.17, 15) is 9.59 Å². The Morgan fingerprint density at radius 1 is 1.31 bits per heavy atom. The standard InChI is InChI=1S/C22H29N3O3S/c1-17(2)12-24-13-19(28-16-18-5-3-9-23-11-18)14-25(15-22(24)27)21(26)8-7-20-6-4-10-29-20/h3-6,9-11,17,19H,7-8,12-16H2,1-2H3/t19-/m0/s1. The van der Waals surface area contributed by atoms with Crippen LogP contribution in [0.4, 0.5) is 0 Å². The van der Waals surface area contributed by atoms with E-state index >= 15 is 0 Å². The monoisotopic (exact) mass is 415 g/mol. The number of carbonyl (C=O) groups is 2. The minimum atomic E-state index is -0.217. The van der Waals surface area contributed by atoms with E-state index < -0.39 is 0 Å². The SMILES string of the molecule is CC(C)CN1C[C@H](OCc2cccnc2)CN(C(=O)CCc2cccs2)CC1=O. The molecule has 6 nitrogen and oxygen atoms in total. The quantitative estimate of drug-likeness (QED) is 0.665. The molecule has 1 fully saturated rings. The van der Waals surface area contributed by atoms with Crippen LogP contribution in [0, 0.1) is 5.92 Å². The van der Waals surface area contributed by atoms with Crippen molar-refractivity contribution < 1.29 is 14.3 Å². The smallest absolute Gasteiger partial charge is 0.242 e. The lowest BCUT2D eigenvalue weighted by Crippen LogP contribution is -2.40. The first kappa shape index (κ1) is 21.5. The number of hydrogen-bond acceptors (Lipinski definition) is 5. The molecule has 156 valence electrons. The van der Waals surface area contributed by atoms with Gasteiger partial charge < -0.3 is 14.5 Å². The Balaban J connectivity index is 1.65. The van der Waals surface area contributed by atoms with Crippen LogP contribution in [0.15, 0.2) is 42.0 Å². The van der Waals surface area contributed by atoms with Crippen LogP contribution in [0.1, 0.15) is 30.7 Å². The maximum Gasteiger partial charge on any atom is 0.242 e. The molecule has 0 saturated carbocycles. The average molecular weight is 416 g/mol. The Morgan fingerprint density at radius 2 is 2.17 bits per heavy atom. The van der Waals surface area contributed by atoms with Gasteiger partial charge >= 0.3 is 0 Å². The number of aryl methyl sites for hydroxylation is 1. The Bertz CT molecular complexity index is 780. The highest BCUT2D eigenvalue weighted by atomic mass is 32.1. The van der Waals surface area contributed by atoms with Crippen molar-refractivity contribution in [1.82, 2.24) is 14.8 Å². The first-order chi connectivity index (χ1) is 14.0. The number of thiophene rings is 1. The van der Waals surface area contributed by atoms with Crippen LogP contribution in [0.25, 0.3) is 0 Å². The van der Waals surface area contributed by atoms with Gasteiger partial charge in [-0.1, -0.05) is 26.0 Å². The van der Waals surface area contributed by atoms with E-state index in [-0.39, 0.29) is 24.5 Å². The van der Waals surface area contributed by atoms with Crippen LogP contribution in [0.2, 0.25) is 0 Å². The predicted octanol–water partition coefficient (Wildman–Crippen LogP) is 2.99. The van der Waals surface area contributed by atoms with Gasteiger partial charge in [0.2, 0.25) is 11.8 Å². The lowest BCUT2D eigenvalue weighted by Gasteiger charge is -2.26. The number of ether oxygens (including phenoxy) is 1. The zero-order valence-electron chi connectivity index (χ0n) is 17.1. The van der Waals surface area contributed by atoms with Crippen molar-refractivity contribution in [2.75, 3.05) is 26.2 Å². The summed E-state index contributed by atoms with van der Waals surface area (Å²) < 4.78 is 6.11. The maximum absolute atomic E-state index is 12.8. The van der Waals surface area contributed by atoms with E-state index in [0.717, 1.165) is 5.56 Å². The number of carbonyl (C=O) groups excluding carboxylic acids is 2. The van der Waals surface area contributed by atoms with Gasteiger partial charge in [-0.3, -0.25) is 14.6 Å². The lowest BCUT2D eigenvalue weighted by molar-refractivity contribution is -0.139. The lowest BCUT2D eigenvalue weighted by atomic mass is 10.2. The summed E-state index contributed by atoms with van der Waals surface area (Å²) in [4.78, 5) is 34.4. The Labute approximate surface area is 176 Å². The fraction of sp³-hybridized carbons (Fsp3) is 0.500. The van der Waals surface area contributed by atoms with Crippen LogP contribution in [-0.2, 0) is 27.4 Å². The molecule has 1 aliphatic rings. The third kappa shape index (κ3) is 6.65. The van der Waals surface area contributed by atoms with E-state index in [1.54, 1.807) is 28.6 Å². The number of hydrogen-bond donors (Lipinski definition) is 0. The van der Waals surface area contributed by atoms with Gasteiger partial charge in [0, 0.05) is 43.3 Å². The van der Waals surface area contributed by atoms with E-state index in [1.807, 2.05) is 34.5 Å². The van der Waals surface area contributed by atoms with Crippen LogP contribution < -0.4 is 0 Å². The van der Waals surface area contributed by atoms with E-state index in [1.165, 1.54) is 4.88 Å². The molecule has 1 saturated heterocycles. The van der Waals surface area contributed by atoms with Crippen molar-refractivity contribution in [3.8, 4) is 0 Å². The first-order valence-electron chi connectivity index (χ1n) is 10.1. The van der Waals surface area contributed by atoms with Crippen molar-refractivity contribution in [3.05, 3.63) is 52.5 Å². The van der Waals surface area contributed by atoms with Crippen molar-refractivity contribution in [3.63, 3.8) is 0 Å². The molecule has 0 unspecified atom stereocenters. The summed E-state index contributed by atoms with van der Waals surface area (Å²) in [6, 6.07) is 7.87. The van der Waals surface area contributed by atoms with Gasteiger partial charge in [-0.2, -0.15) is 0 Å². The summed E-state index contributed by atoms with van der Waals surface area (Å²) in [5.41, 5.74) is 0.981. The fourth-order valence-electron chi connectivity index (χ4n) is 3.43. The van der Waals surface area contributed by atoms with E-state index in [4.69, 9.17) is 4.74 Å². The molecule has 3 rings (SSSR count). The number of pyridine rings is 1. The Hall–Kier alpha value is -2.25. The number of nitrogens with zero attached hydrogens (tertiary/aromatic N) is 3. The molecular weight excluding hydrogens is 386 g/mol. The van der Waals surface area contributed by atoms with E-state index in [2.05, 4.69) is 18.8 Å². The molecule has 1 atom stereocenters. The van der Waals surface area contributed by atoms with Gasteiger partial charge in [0.05, 0.1) is 19.3 Å². The molecular formula is C22H29N3O3S. The van der Waals surface area contributed by atoms with Gasteiger partial charge in [-0.05, 0) is 35.4 Å². The number of rotatable bonds is 8. The molecule has 2 aromatic heterocycles. The molecule has 0 radical (unpaired) electrons. The van der Waals surface area contributed by atoms with Crippen molar-refractivity contribution in [2.24, 2.45) is 5.92 Å². The Morgan fingerprint density at radius 3 is 2.86 bits per heavy atom. The molecule has 7 heteroatoms. The van der Waals surface area contributed by atoms with Crippen LogP contribution in [0.5, 0.6) is 0 Å². The summed E-state index contributed by atoms with van der Waals surface area (Å²) in [6.45, 7) is 6.34. The highest BCUT2D eigenvalue weighted by Crippen LogP contribution is 2.16. The molecule has 0 aromatic carbocycles. The molecule has 3 heterocycles. The van der Waals surface area contributed by atoms with Gasteiger partial charge in [-0.25, -0.2) is 0 Å². The zero-order valence-corrected chi connectivity index (χ0v) is 17.9. The average Bonchev–Trinajstić information content (AvgIpc) is 3.17. The molecule has 1 aliphatic heterocycles. The highest BCUT2D eigenvalue weighted by Gasteiger charge is 2.31. The minimum Gasteiger partial charge on any atom is -0.370 e. The summed E-state index contributed by atoms with van der Waals surface area (Å²) >= 11 is 1.65. The minimum absolute atomic E-state index is 0.00403. The molecule has 2 amide bonds. The third-order valence-corrected chi connectivity index (χ3v) is 5.78. The van der Waals surface area contributed by atoms with E-state index in [0.29, 0.717) is 45.0 Å². The summed E-state index contributed by atoms with van der Waals surface area (Å²) in [5, 5.41) is 2.02. The third-order valence-electron chi connectivity index (χ3n) is 4.84. The molecule has 0 N–H and O–H groups in total. The molecule has 0 aliphatic carbocycles. The van der Waals surface area contributed by atoms with Crippen LogP contribution in [0.3, 0.4) is 0 Å². The second kappa shape index (κ2) is 10.5. The largest absolute Gasteiger partial charge is 0.370 e. The van der Waals surface area contributed by atoms with Crippen molar-refractivity contribution in [1.29, 1.82) is 0 Å². The molecule has 0 spiro atoms. The van der Waals surface area contributed by atoms with Gasteiger partial charge in [0.1, 0.15) is 0 Å². The summed E-state index contributed by atoms with van der Waals surface area (Å²) in [7, 11) is 0. The zero-order chi connectivity index (χ0) is 20.6. The van der Waals surface area contributed by atoms with Gasteiger partial charge in [0.15, 0.2) is 0 Å². The van der Waals surface area contributed by atoms with Crippen LogP contribution in [-0.4, -0.2) is 58.9 Å². The van der Waals surface area contributed by atoms with Crippen molar-refractivity contribution >= 4 is 23.2 Å². The molecule has 0 bridgehead atoms. The van der Waals surface area contributed by atoms with Gasteiger partial charge in [-0.15, -0.1) is 11.3 Å². The first-order valence-corrected chi connectivity index (χ1v) is 11.0. The second-order valence-corrected chi connectivity index (χ2v) is 8.87. The summed E-state index contributed by atoms with van der Waals surface area (Å²) in [5.74, 6) is 0.364. The van der Waals surface area contributed by atoms with Crippen LogP contribution >= 0.6 is 11.3 Å². The topological polar surface area (TPSA) is 62.7 Å². The molecule has 29 heavy (non-hydrogen) atoms. The van der Waals surface area contributed by atoms with Gasteiger partial charge in [0.25, 0.3) is 0 Å². The number of amides is 2. The Kier molecular flexibility index (Phi) is 7.77. The predicted molar refractivity (Wildman–Crippen MR) is 113 cm³/mol. The highest BCUT2D eigenvalue weighted by molar-refractivity contribution is 7.09. The normalized spacial score (nSPS) is 17.6. The molecule has 2 aromatic rings. The second-order valence-electron chi connectivity index (χ2n) is 7.84. The maximum atomic E-state index is 12.8. The summed E-state index contributed by atoms with van der Waals surface area (Å²) in [6.07, 6.45) is 4.40.